The molecule has 2 aromatic carbocycles. The van der Waals surface area contributed by atoms with Crippen LogP contribution in [0.15, 0.2) is 47.4 Å². The fourth-order valence-corrected chi connectivity index (χ4v) is 3.41. The second-order valence-electron chi connectivity index (χ2n) is 5.78. The molecule has 2 N–H and O–H groups in total. The van der Waals surface area contributed by atoms with Crippen LogP contribution in [0.2, 0.25) is 0 Å². The molecule has 1 heterocycles. The number of nitrogens with zero attached hydrogens (tertiary/aromatic N) is 1. The number of hydrogen-bond acceptors (Lipinski definition) is 5. The van der Waals surface area contributed by atoms with Gasteiger partial charge in [-0.1, -0.05) is 6.07 Å². The molecule has 0 saturated heterocycles. The van der Waals surface area contributed by atoms with Crippen LogP contribution in [0.4, 0.5) is 5.69 Å². The molecule has 0 unspecified atom stereocenters. The molecule has 134 valence electrons. The second kappa shape index (κ2) is 6.36. The lowest BCUT2D eigenvalue weighted by Gasteiger charge is -2.12. The number of amides is 3. The molecular formula is C17H15N3O5S. The van der Waals surface area contributed by atoms with Crippen molar-refractivity contribution in [2.45, 2.75) is 4.90 Å². The van der Waals surface area contributed by atoms with Crippen molar-refractivity contribution < 1.29 is 22.8 Å². The Hall–Kier alpha value is -3.04. The number of imide groups is 1. The second-order valence-corrected chi connectivity index (χ2v) is 7.93. The Labute approximate surface area is 149 Å². The lowest BCUT2D eigenvalue weighted by Crippen LogP contribution is -2.22. The standard InChI is InChI=1S/C17H15N3O5S/c1-20(2)26(24,25)11-8-6-10(7-9-11)15(21)18-13-5-3-4-12-14(13)17(23)19-16(12)22/h3-9H,1-2H3,(H,18,21)(H,19,22,23). The molecule has 3 amide bonds. The van der Waals surface area contributed by atoms with Gasteiger partial charge in [0.25, 0.3) is 17.7 Å². The predicted molar refractivity (Wildman–Crippen MR) is 93.5 cm³/mol. The highest BCUT2D eigenvalue weighted by Gasteiger charge is 2.29. The summed E-state index contributed by atoms with van der Waals surface area (Å²) in [7, 11) is -0.759. The number of rotatable bonds is 4. The third kappa shape index (κ3) is 2.98. The van der Waals surface area contributed by atoms with Crippen molar-refractivity contribution in [3.8, 4) is 0 Å². The van der Waals surface area contributed by atoms with Gasteiger partial charge in [-0.3, -0.25) is 19.7 Å². The topological polar surface area (TPSA) is 113 Å². The van der Waals surface area contributed by atoms with E-state index in [4.69, 9.17) is 0 Å². The summed E-state index contributed by atoms with van der Waals surface area (Å²) < 4.78 is 25.2. The van der Waals surface area contributed by atoms with Crippen LogP contribution in [0, 0.1) is 0 Å². The van der Waals surface area contributed by atoms with E-state index in [2.05, 4.69) is 10.6 Å². The highest BCUT2D eigenvalue weighted by molar-refractivity contribution is 7.89. The number of nitrogens with one attached hydrogen (secondary N) is 2. The van der Waals surface area contributed by atoms with Crippen LogP contribution in [0.25, 0.3) is 0 Å². The molecule has 0 spiro atoms. The highest BCUT2D eigenvalue weighted by atomic mass is 32.2. The molecule has 2 aromatic rings. The van der Waals surface area contributed by atoms with E-state index in [0.717, 1.165) is 4.31 Å². The summed E-state index contributed by atoms with van der Waals surface area (Å²) >= 11 is 0. The smallest absolute Gasteiger partial charge is 0.261 e. The highest BCUT2D eigenvalue weighted by Crippen LogP contribution is 2.25. The first kappa shape index (κ1) is 17.8. The molecule has 9 heteroatoms. The van der Waals surface area contributed by atoms with Gasteiger partial charge in [-0.25, -0.2) is 12.7 Å². The predicted octanol–water partition coefficient (Wildman–Crippen LogP) is 1.07. The van der Waals surface area contributed by atoms with Crippen molar-refractivity contribution in [3.05, 3.63) is 59.2 Å². The van der Waals surface area contributed by atoms with Gasteiger partial charge >= 0.3 is 0 Å². The number of carbonyl (C=O) groups is 3. The molecule has 1 aliphatic heterocycles. The first-order valence-corrected chi connectivity index (χ1v) is 8.98. The van der Waals surface area contributed by atoms with Gasteiger partial charge in [-0.2, -0.15) is 0 Å². The third-order valence-electron chi connectivity index (χ3n) is 3.91. The van der Waals surface area contributed by atoms with Crippen LogP contribution in [0.1, 0.15) is 31.1 Å². The van der Waals surface area contributed by atoms with Crippen molar-refractivity contribution in [2.75, 3.05) is 19.4 Å². The van der Waals surface area contributed by atoms with Gasteiger partial charge in [0.05, 0.1) is 21.7 Å². The maximum atomic E-state index is 12.4. The summed E-state index contributed by atoms with van der Waals surface area (Å²) in [5.41, 5.74) is 0.726. The molecule has 0 aliphatic carbocycles. The largest absolute Gasteiger partial charge is 0.321 e. The third-order valence-corrected chi connectivity index (χ3v) is 5.74. The van der Waals surface area contributed by atoms with Gasteiger partial charge in [0.2, 0.25) is 10.0 Å². The van der Waals surface area contributed by atoms with E-state index in [1.54, 1.807) is 6.07 Å². The zero-order valence-corrected chi connectivity index (χ0v) is 14.8. The first-order valence-electron chi connectivity index (χ1n) is 7.54. The van der Waals surface area contributed by atoms with Gasteiger partial charge in [-0.15, -0.1) is 0 Å². The fourth-order valence-electron chi connectivity index (χ4n) is 2.51. The lowest BCUT2D eigenvalue weighted by molar-refractivity contribution is 0.0879. The van der Waals surface area contributed by atoms with Crippen molar-refractivity contribution in [1.82, 2.24) is 9.62 Å². The number of carbonyl (C=O) groups excluding carboxylic acids is 3. The zero-order chi connectivity index (χ0) is 19.1. The van der Waals surface area contributed by atoms with Gasteiger partial charge in [0, 0.05) is 19.7 Å². The van der Waals surface area contributed by atoms with E-state index >= 15 is 0 Å². The molecule has 0 fully saturated rings. The average molecular weight is 373 g/mol. The Morgan fingerprint density at radius 1 is 1.00 bits per heavy atom. The van der Waals surface area contributed by atoms with Crippen molar-refractivity contribution in [3.63, 3.8) is 0 Å². The minimum absolute atomic E-state index is 0.0598. The summed E-state index contributed by atoms with van der Waals surface area (Å²) in [5, 5.41) is 4.75. The summed E-state index contributed by atoms with van der Waals surface area (Å²) in [6, 6.07) is 9.97. The van der Waals surface area contributed by atoms with Crippen LogP contribution >= 0.6 is 0 Å². The molecule has 0 radical (unpaired) electrons. The summed E-state index contributed by atoms with van der Waals surface area (Å²) in [6.07, 6.45) is 0. The Morgan fingerprint density at radius 2 is 1.65 bits per heavy atom. The van der Waals surface area contributed by atoms with Crippen LogP contribution in [0.3, 0.4) is 0 Å². The Morgan fingerprint density at radius 3 is 2.27 bits per heavy atom. The Bertz CT molecular complexity index is 1030. The van der Waals surface area contributed by atoms with Crippen LogP contribution in [0.5, 0.6) is 0 Å². The summed E-state index contributed by atoms with van der Waals surface area (Å²) in [5.74, 6) is -1.62. The number of fused-ring (bicyclic) bond motifs is 1. The van der Waals surface area contributed by atoms with Crippen molar-refractivity contribution in [1.29, 1.82) is 0 Å². The number of anilines is 1. The number of benzene rings is 2. The number of hydrogen-bond donors (Lipinski definition) is 2. The Balaban J connectivity index is 1.87. The maximum absolute atomic E-state index is 12.4. The molecular weight excluding hydrogens is 358 g/mol. The van der Waals surface area contributed by atoms with E-state index in [0.29, 0.717) is 0 Å². The minimum Gasteiger partial charge on any atom is -0.321 e. The Kier molecular flexibility index (Phi) is 4.34. The number of sulfonamides is 1. The quantitative estimate of drug-likeness (QED) is 0.779. The van der Waals surface area contributed by atoms with E-state index < -0.39 is 27.7 Å². The SMILES string of the molecule is CN(C)S(=O)(=O)c1ccc(C(=O)Nc2cccc3c2C(=O)NC3=O)cc1. The van der Waals surface area contributed by atoms with Crippen LogP contribution in [-0.4, -0.2) is 44.5 Å². The van der Waals surface area contributed by atoms with Crippen LogP contribution in [-0.2, 0) is 10.0 Å². The van der Waals surface area contributed by atoms with E-state index in [9.17, 15) is 22.8 Å². The van der Waals surface area contributed by atoms with Crippen molar-refractivity contribution in [2.24, 2.45) is 0 Å². The fraction of sp³-hybridized carbons (Fsp3) is 0.118. The molecule has 0 bridgehead atoms. The molecule has 26 heavy (non-hydrogen) atoms. The summed E-state index contributed by atoms with van der Waals surface area (Å²) in [4.78, 5) is 36.0. The normalized spacial score (nSPS) is 13.5. The van der Waals surface area contributed by atoms with Crippen molar-refractivity contribution >= 4 is 33.4 Å². The lowest BCUT2D eigenvalue weighted by atomic mass is 10.1. The van der Waals surface area contributed by atoms with Gasteiger partial charge in [0.15, 0.2) is 0 Å². The van der Waals surface area contributed by atoms with E-state index in [1.165, 1.54) is 50.5 Å². The molecule has 0 atom stereocenters. The molecule has 0 aromatic heterocycles. The molecule has 1 aliphatic rings. The summed E-state index contributed by atoms with van der Waals surface area (Å²) in [6.45, 7) is 0. The van der Waals surface area contributed by atoms with Gasteiger partial charge < -0.3 is 5.32 Å². The first-order chi connectivity index (χ1) is 12.2. The van der Waals surface area contributed by atoms with Crippen LogP contribution < -0.4 is 10.6 Å². The molecule has 0 saturated carbocycles. The zero-order valence-electron chi connectivity index (χ0n) is 13.9. The maximum Gasteiger partial charge on any atom is 0.261 e. The molecule has 8 nitrogen and oxygen atoms in total. The molecule has 3 rings (SSSR count). The van der Waals surface area contributed by atoms with Gasteiger partial charge in [-0.05, 0) is 36.4 Å². The average Bonchev–Trinajstić information content (AvgIpc) is 2.90. The van der Waals surface area contributed by atoms with Gasteiger partial charge in [0.1, 0.15) is 0 Å². The monoisotopic (exact) mass is 373 g/mol. The van der Waals surface area contributed by atoms with E-state index in [-0.39, 0.29) is 27.3 Å². The van der Waals surface area contributed by atoms with E-state index in [1.807, 2.05) is 0 Å². The minimum atomic E-state index is -3.59.